The van der Waals surface area contributed by atoms with Gasteiger partial charge in [-0.05, 0) is 18.7 Å². The zero-order valence-electron chi connectivity index (χ0n) is 33.6. The molecular formula is C40H78N2O9PS-. The molecule has 0 saturated heterocycles. The van der Waals surface area contributed by atoms with E-state index in [9.17, 15) is 24.2 Å². The van der Waals surface area contributed by atoms with Crippen molar-refractivity contribution in [2.45, 2.75) is 206 Å². The molecular weight excluding hydrogens is 715 g/mol. The fourth-order valence-electron chi connectivity index (χ4n) is 5.92. The van der Waals surface area contributed by atoms with E-state index in [0.29, 0.717) is 12.8 Å². The second-order valence-electron chi connectivity index (χ2n) is 14.4. The predicted molar refractivity (Wildman–Crippen MR) is 217 cm³/mol. The zero-order chi connectivity index (χ0) is 39.3. The first-order valence-corrected chi connectivity index (χ1v) is 23.3. The number of rotatable bonds is 40. The Morgan fingerprint density at radius 3 is 1.47 bits per heavy atom. The molecule has 0 saturated carbocycles. The van der Waals surface area contributed by atoms with Crippen LogP contribution in [0.1, 0.15) is 194 Å². The Bertz CT molecular complexity index is 944. The number of esters is 2. The Balaban J connectivity index is 4.51. The van der Waals surface area contributed by atoms with Crippen molar-refractivity contribution in [2.24, 2.45) is 10.7 Å². The van der Waals surface area contributed by atoms with E-state index in [2.05, 4.69) is 31.5 Å². The molecule has 1 unspecified atom stereocenters. The Labute approximate surface area is 328 Å². The third-order valence-corrected chi connectivity index (χ3v) is 10.6. The van der Waals surface area contributed by atoms with Crippen LogP contribution in [-0.2, 0) is 32.7 Å². The summed E-state index contributed by atoms with van der Waals surface area (Å²) in [6.07, 6.45) is 30.5. The molecule has 0 aromatic rings. The number of unbranched alkanes of at least 4 members (excludes halogenated alkanes) is 24. The third kappa shape index (κ3) is 36.2. The quantitative estimate of drug-likeness (QED) is 0.0136. The lowest BCUT2D eigenvalue weighted by atomic mass is 10.0. The molecule has 0 radical (unpaired) electrons. The number of phosphoric acid groups is 1. The topological polar surface area (TPSA) is 170 Å². The average molecular weight is 794 g/mol. The minimum atomic E-state index is -4.57. The number of thiol groups is 1. The monoisotopic (exact) mass is 794 g/mol. The van der Waals surface area contributed by atoms with Crippen molar-refractivity contribution in [3.63, 3.8) is 0 Å². The van der Waals surface area contributed by atoms with Gasteiger partial charge in [-0.15, -0.1) is 0 Å². The summed E-state index contributed by atoms with van der Waals surface area (Å²) in [6, 6.07) is -0.863. The number of ether oxygens (including phenoxy) is 2. The maximum atomic E-state index is 12.6. The molecule has 0 fully saturated rings. The van der Waals surface area contributed by atoms with Gasteiger partial charge in [-0.1, -0.05) is 168 Å². The Morgan fingerprint density at radius 1 is 0.660 bits per heavy atom. The fraction of sp³-hybridized carbons (Fsp3) is 0.925. The van der Waals surface area contributed by atoms with Crippen LogP contribution in [0.2, 0.25) is 0 Å². The van der Waals surface area contributed by atoms with Crippen molar-refractivity contribution in [3.05, 3.63) is 0 Å². The van der Waals surface area contributed by atoms with Crippen molar-refractivity contribution < 1.29 is 42.7 Å². The molecule has 3 N–H and O–H groups in total. The number of carbonyl (C=O) groups excluding carboxylic acids is 2. The molecule has 314 valence electrons. The summed E-state index contributed by atoms with van der Waals surface area (Å²) in [6.45, 7) is 3.11. The van der Waals surface area contributed by atoms with E-state index in [-0.39, 0.29) is 38.4 Å². The number of carbonyl (C=O) groups is 2. The van der Waals surface area contributed by atoms with Crippen LogP contribution in [0.25, 0.3) is 0 Å². The Morgan fingerprint density at radius 2 is 1.06 bits per heavy atom. The Hall–Kier alpha value is -1.17. The van der Waals surface area contributed by atoms with Gasteiger partial charge in [-0.3, -0.25) is 18.6 Å². The van der Waals surface area contributed by atoms with Crippen LogP contribution in [0.15, 0.2) is 4.99 Å². The van der Waals surface area contributed by atoms with Gasteiger partial charge >= 0.3 is 19.8 Å². The highest BCUT2D eigenvalue weighted by Gasteiger charge is 2.26. The number of hydrogen-bond acceptors (Lipinski definition) is 11. The lowest BCUT2D eigenvalue weighted by molar-refractivity contribution is -0.220. The highest BCUT2D eigenvalue weighted by Crippen LogP contribution is 2.43. The van der Waals surface area contributed by atoms with Crippen LogP contribution in [-0.4, -0.2) is 67.0 Å². The van der Waals surface area contributed by atoms with Crippen LogP contribution in [0.3, 0.4) is 0 Å². The lowest BCUT2D eigenvalue weighted by Crippen LogP contribution is -2.41. The van der Waals surface area contributed by atoms with E-state index in [0.717, 1.165) is 38.5 Å². The van der Waals surface area contributed by atoms with Crippen molar-refractivity contribution in [1.29, 1.82) is 0 Å². The standard InChI is InChI=1S/C40H79N2O9PS/c1-3-5-7-9-11-13-15-17-19-21-23-25-27-29-38(43)48-33-36(34-50-52(46,47)49-32-31-42-40(45)37(41)35-53)51-39(44)30-28-26-24-22-20-18-16-14-12-10-8-6-4-2/h36-37,53H,3-35,41H2,1-2H3,(H,42,45)(H,46,47)/p-1/t36-,37+/m1/s1. The Kier molecular flexibility index (Phi) is 36.9. The molecule has 0 spiro atoms. The number of nitrogens with zero attached hydrogens (tertiary/aromatic N) is 1. The lowest BCUT2D eigenvalue weighted by Gasteiger charge is -2.20. The molecule has 0 rings (SSSR count). The number of aliphatic imine (C=N–C) groups is 1. The minimum Gasteiger partial charge on any atom is -0.861 e. The molecule has 53 heavy (non-hydrogen) atoms. The van der Waals surface area contributed by atoms with Crippen LogP contribution < -0.4 is 10.8 Å². The molecule has 0 aromatic heterocycles. The van der Waals surface area contributed by atoms with Gasteiger partial charge in [0.15, 0.2) is 6.10 Å². The first-order chi connectivity index (χ1) is 25.6. The largest absolute Gasteiger partial charge is 0.861 e. The van der Waals surface area contributed by atoms with Gasteiger partial charge in [0, 0.05) is 24.6 Å². The van der Waals surface area contributed by atoms with Gasteiger partial charge in [-0.25, -0.2) is 4.57 Å². The SMILES string of the molecule is CCCCCCCCCCCCCCCC(=O)OC[C@H](COP(=O)(O)OCCN=C([O-])[C@@H](N)CS)OC(=O)CCCCCCCCCCCCCCC. The molecule has 0 aliphatic rings. The molecule has 11 nitrogen and oxygen atoms in total. The number of phosphoric ester groups is 1. The molecule has 0 bridgehead atoms. The average Bonchev–Trinajstić information content (AvgIpc) is 3.14. The summed E-state index contributed by atoms with van der Waals surface area (Å²) < 4.78 is 33.3. The highest BCUT2D eigenvalue weighted by molar-refractivity contribution is 7.80. The van der Waals surface area contributed by atoms with Crippen LogP contribution in [0.5, 0.6) is 0 Å². The van der Waals surface area contributed by atoms with Crippen molar-refractivity contribution in [2.75, 3.05) is 32.1 Å². The van der Waals surface area contributed by atoms with Crippen molar-refractivity contribution in [1.82, 2.24) is 0 Å². The summed E-state index contributed by atoms with van der Waals surface area (Å²) >= 11 is 3.94. The second-order valence-corrected chi connectivity index (χ2v) is 16.2. The predicted octanol–water partition coefficient (Wildman–Crippen LogP) is 9.55. The molecule has 13 heteroatoms. The van der Waals surface area contributed by atoms with E-state index >= 15 is 0 Å². The normalized spacial score (nSPS) is 14.2. The molecule has 3 atom stereocenters. The van der Waals surface area contributed by atoms with E-state index in [1.54, 1.807) is 0 Å². The summed E-state index contributed by atoms with van der Waals surface area (Å²) in [7, 11) is -4.57. The minimum absolute atomic E-state index is 0.119. The van der Waals surface area contributed by atoms with Gasteiger partial charge in [0.05, 0.1) is 19.8 Å². The third-order valence-electron chi connectivity index (χ3n) is 9.25. The van der Waals surface area contributed by atoms with Gasteiger partial charge in [0.25, 0.3) is 0 Å². The molecule has 0 heterocycles. The van der Waals surface area contributed by atoms with Gasteiger partial charge in [-0.2, -0.15) is 12.6 Å². The number of nitrogens with two attached hydrogens (primary N) is 1. The summed E-state index contributed by atoms with van der Waals surface area (Å²) in [5.74, 6) is -1.37. The van der Waals surface area contributed by atoms with Gasteiger partial charge < -0.3 is 30.2 Å². The zero-order valence-corrected chi connectivity index (χ0v) is 35.4. The van der Waals surface area contributed by atoms with Gasteiger partial charge in [0.2, 0.25) is 0 Å². The van der Waals surface area contributed by atoms with Gasteiger partial charge in [0.1, 0.15) is 6.61 Å². The highest BCUT2D eigenvalue weighted by atomic mass is 32.1. The summed E-state index contributed by atoms with van der Waals surface area (Å²) in [4.78, 5) is 38.9. The van der Waals surface area contributed by atoms with E-state index in [1.165, 1.54) is 116 Å². The smallest absolute Gasteiger partial charge is 0.472 e. The van der Waals surface area contributed by atoms with Crippen molar-refractivity contribution >= 4 is 38.3 Å². The first-order valence-electron chi connectivity index (χ1n) is 21.2. The molecule has 0 aliphatic carbocycles. The molecule has 0 amide bonds. The van der Waals surface area contributed by atoms with E-state index in [4.69, 9.17) is 24.3 Å². The van der Waals surface area contributed by atoms with E-state index in [1.807, 2.05) is 0 Å². The molecule has 0 aromatic carbocycles. The first kappa shape index (κ1) is 51.8. The summed E-state index contributed by atoms with van der Waals surface area (Å²) in [5.41, 5.74) is 5.55. The maximum absolute atomic E-state index is 12.6. The maximum Gasteiger partial charge on any atom is 0.472 e. The molecule has 0 aliphatic heterocycles. The summed E-state index contributed by atoms with van der Waals surface area (Å²) in [5, 5.41) is 11.7. The van der Waals surface area contributed by atoms with Crippen LogP contribution in [0.4, 0.5) is 0 Å². The van der Waals surface area contributed by atoms with Crippen molar-refractivity contribution in [3.8, 4) is 0 Å². The second kappa shape index (κ2) is 37.7. The van der Waals surface area contributed by atoms with Crippen LogP contribution in [0, 0.1) is 0 Å². The fourth-order valence-corrected chi connectivity index (χ4v) is 6.81. The van der Waals surface area contributed by atoms with Crippen LogP contribution >= 0.6 is 20.5 Å². The number of hydrogen-bond donors (Lipinski definition) is 3. The van der Waals surface area contributed by atoms with E-state index < -0.39 is 44.4 Å².